The van der Waals surface area contributed by atoms with Gasteiger partial charge in [-0.1, -0.05) is 32.0 Å². The number of ether oxygens (including phenoxy) is 2. The molecule has 3 rings (SSSR count). The van der Waals surface area contributed by atoms with Gasteiger partial charge in [-0.25, -0.2) is 0 Å². The van der Waals surface area contributed by atoms with Gasteiger partial charge in [0.1, 0.15) is 5.75 Å². The minimum absolute atomic E-state index is 0. The Morgan fingerprint density at radius 3 is 2.69 bits per heavy atom. The van der Waals surface area contributed by atoms with Crippen LogP contribution in [-0.4, -0.2) is 50.3 Å². The number of hydrogen-bond acceptors (Lipinski definition) is 5. The maximum absolute atomic E-state index is 12.5. The third-order valence-electron chi connectivity index (χ3n) is 5.00. The summed E-state index contributed by atoms with van der Waals surface area (Å²) in [6, 6.07) is 10.5. The molecule has 160 valence electrons. The molecule has 0 aliphatic carbocycles. The molecule has 1 aromatic carbocycles. The first-order valence-electron chi connectivity index (χ1n) is 9.90. The SMILES string of the molecule is Cc1ccc(C(C)C)c(OCC(=O)NCC(c2cccs2)N2CCOCC2)c1.Cl. The molecule has 1 N–H and O–H groups in total. The second kappa shape index (κ2) is 11.6. The Hall–Kier alpha value is -1.60. The Balaban J connectivity index is 0.00000300. The van der Waals surface area contributed by atoms with Crippen LogP contribution in [0.1, 0.15) is 41.8 Å². The van der Waals surface area contributed by atoms with Gasteiger partial charge in [0.25, 0.3) is 5.91 Å². The van der Waals surface area contributed by atoms with Gasteiger partial charge in [-0.05, 0) is 41.5 Å². The lowest BCUT2D eigenvalue weighted by molar-refractivity contribution is -0.123. The van der Waals surface area contributed by atoms with Gasteiger partial charge >= 0.3 is 0 Å². The van der Waals surface area contributed by atoms with E-state index in [-0.39, 0.29) is 31.0 Å². The minimum atomic E-state index is -0.0916. The molecule has 0 saturated carbocycles. The van der Waals surface area contributed by atoms with E-state index in [9.17, 15) is 4.79 Å². The Kier molecular flexibility index (Phi) is 9.43. The average molecular weight is 439 g/mol. The summed E-state index contributed by atoms with van der Waals surface area (Å²) in [5.74, 6) is 1.06. The molecule has 7 heteroatoms. The highest BCUT2D eigenvalue weighted by Crippen LogP contribution is 2.28. The van der Waals surface area contributed by atoms with Gasteiger partial charge < -0.3 is 14.8 Å². The van der Waals surface area contributed by atoms with Gasteiger partial charge in [0.2, 0.25) is 0 Å². The van der Waals surface area contributed by atoms with Crippen LogP contribution in [0.4, 0.5) is 0 Å². The van der Waals surface area contributed by atoms with Crippen molar-refractivity contribution in [3.05, 3.63) is 51.7 Å². The van der Waals surface area contributed by atoms with Crippen LogP contribution in [0.15, 0.2) is 35.7 Å². The van der Waals surface area contributed by atoms with Crippen LogP contribution in [0, 0.1) is 6.92 Å². The van der Waals surface area contributed by atoms with Crippen molar-refractivity contribution < 1.29 is 14.3 Å². The minimum Gasteiger partial charge on any atom is -0.483 e. The number of nitrogens with zero attached hydrogens (tertiary/aromatic N) is 1. The number of morpholine rings is 1. The lowest BCUT2D eigenvalue weighted by atomic mass is 10.0. The highest BCUT2D eigenvalue weighted by atomic mass is 35.5. The topological polar surface area (TPSA) is 50.8 Å². The number of hydrogen-bond donors (Lipinski definition) is 1. The molecule has 1 unspecified atom stereocenters. The predicted octanol–water partition coefficient (Wildman–Crippen LogP) is 4.17. The molecule has 2 heterocycles. The molecule has 0 bridgehead atoms. The zero-order chi connectivity index (χ0) is 19.9. The van der Waals surface area contributed by atoms with Crippen molar-refractivity contribution >= 4 is 29.7 Å². The van der Waals surface area contributed by atoms with E-state index in [4.69, 9.17) is 9.47 Å². The van der Waals surface area contributed by atoms with Crippen molar-refractivity contribution in [1.29, 1.82) is 0 Å². The van der Waals surface area contributed by atoms with E-state index in [0.717, 1.165) is 43.2 Å². The number of aryl methyl sites for hydroxylation is 1. The number of thiophene rings is 1. The average Bonchev–Trinajstić information content (AvgIpc) is 3.21. The fraction of sp³-hybridized carbons (Fsp3) is 0.500. The Bertz CT molecular complexity index is 761. The van der Waals surface area contributed by atoms with Gasteiger partial charge in [-0.15, -0.1) is 23.7 Å². The van der Waals surface area contributed by atoms with Crippen LogP contribution in [0.2, 0.25) is 0 Å². The second-order valence-electron chi connectivity index (χ2n) is 7.47. The standard InChI is InChI=1S/C22H30N2O3S.ClH/c1-16(2)18-7-6-17(3)13-20(18)27-15-22(25)23-14-19(21-5-4-12-28-21)24-8-10-26-11-9-24;/h4-7,12-13,16,19H,8-11,14-15H2,1-3H3,(H,23,25);1H. The molecule has 2 aromatic rings. The van der Waals surface area contributed by atoms with E-state index in [1.165, 1.54) is 4.88 Å². The van der Waals surface area contributed by atoms with Crippen LogP contribution in [0.25, 0.3) is 0 Å². The summed E-state index contributed by atoms with van der Waals surface area (Å²) in [6.45, 7) is 10.2. The Morgan fingerprint density at radius 2 is 2.03 bits per heavy atom. The molecule has 1 aliphatic heterocycles. The van der Waals surface area contributed by atoms with E-state index >= 15 is 0 Å². The molecule has 0 spiro atoms. The summed E-state index contributed by atoms with van der Waals surface area (Å²) in [5, 5.41) is 5.14. The quantitative estimate of drug-likeness (QED) is 0.672. The number of nitrogens with one attached hydrogen (secondary N) is 1. The number of amides is 1. The molecule has 5 nitrogen and oxygen atoms in total. The van der Waals surface area contributed by atoms with E-state index in [1.54, 1.807) is 11.3 Å². The van der Waals surface area contributed by atoms with Crippen LogP contribution >= 0.6 is 23.7 Å². The van der Waals surface area contributed by atoms with Gasteiger partial charge in [0.05, 0.1) is 19.3 Å². The summed E-state index contributed by atoms with van der Waals surface area (Å²) < 4.78 is 11.3. The summed E-state index contributed by atoms with van der Waals surface area (Å²) in [5.41, 5.74) is 2.26. The number of benzene rings is 1. The smallest absolute Gasteiger partial charge is 0.258 e. The largest absolute Gasteiger partial charge is 0.483 e. The third kappa shape index (κ3) is 6.71. The van der Waals surface area contributed by atoms with E-state index in [2.05, 4.69) is 53.7 Å². The molecule has 1 amide bonds. The normalized spacial score (nSPS) is 15.6. The monoisotopic (exact) mass is 438 g/mol. The fourth-order valence-corrected chi connectivity index (χ4v) is 4.29. The first-order chi connectivity index (χ1) is 13.5. The first kappa shape index (κ1) is 23.7. The lowest BCUT2D eigenvalue weighted by Gasteiger charge is -2.34. The van der Waals surface area contributed by atoms with Crippen molar-refractivity contribution in [2.45, 2.75) is 32.7 Å². The van der Waals surface area contributed by atoms with Crippen LogP contribution < -0.4 is 10.1 Å². The second-order valence-corrected chi connectivity index (χ2v) is 8.45. The van der Waals surface area contributed by atoms with E-state index in [1.807, 2.05) is 13.0 Å². The fourth-order valence-electron chi connectivity index (χ4n) is 3.43. The van der Waals surface area contributed by atoms with Crippen molar-refractivity contribution in [3.8, 4) is 5.75 Å². The highest BCUT2D eigenvalue weighted by molar-refractivity contribution is 7.10. The molecule has 29 heavy (non-hydrogen) atoms. The summed E-state index contributed by atoms with van der Waals surface area (Å²) in [4.78, 5) is 16.1. The van der Waals surface area contributed by atoms with Gasteiger partial charge in [0, 0.05) is 24.5 Å². The number of carbonyl (C=O) groups excluding carboxylic acids is 1. The van der Waals surface area contributed by atoms with Crippen molar-refractivity contribution in [3.63, 3.8) is 0 Å². The molecule has 1 saturated heterocycles. The first-order valence-corrected chi connectivity index (χ1v) is 10.8. The maximum Gasteiger partial charge on any atom is 0.258 e. The maximum atomic E-state index is 12.5. The van der Waals surface area contributed by atoms with Crippen molar-refractivity contribution in [1.82, 2.24) is 10.2 Å². The molecule has 1 atom stereocenters. The summed E-state index contributed by atoms with van der Waals surface area (Å²) in [7, 11) is 0. The van der Waals surface area contributed by atoms with Gasteiger partial charge in [-0.3, -0.25) is 9.69 Å². The number of rotatable bonds is 8. The van der Waals surface area contributed by atoms with Crippen molar-refractivity contribution in [2.75, 3.05) is 39.5 Å². The van der Waals surface area contributed by atoms with E-state index < -0.39 is 0 Å². The van der Waals surface area contributed by atoms with E-state index in [0.29, 0.717) is 12.5 Å². The zero-order valence-corrected chi connectivity index (χ0v) is 19.0. The number of halogens is 1. The third-order valence-corrected chi connectivity index (χ3v) is 5.97. The molecular weight excluding hydrogens is 408 g/mol. The summed E-state index contributed by atoms with van der Waals surface area (Å²) >= 11 is 1.73. The predicted molar refractivity (Wildman–Crippen MR) is 120 cm³/mol. The summed E-state index contributed by atoms with van der Waals surface area (Å²) in [6.07, 6.45) is 0. The molecule has 1 fully saturated rings. The van der Waals surface area contributed by atoms with Crippen LogP contribution in [0.5, 0.6) is 5.75 Å². The zero-order valence-electron chi connectivity index (χ0n) is 17.3. The molecule has 0 radical (unpaired) electrons. The molecular formula is C22H31ClN2O3S. The van der Waals surface area contributed by atoms with Gasteiger partial charge in [0.15, 0.2) is 6.61 Å². The lowest BCUT2D eigenvalue weighted by Crippen LogP contribution is -2.44. The van der Waals surface area contributed by atoms with Gasteiger partial charge in [-0.2, -0.15) is 0 Å². The van der Waals surface area contributed by atoms with Crippen molar-refractivity contribution in [2.24, 2.45) is 0 Å². The Morgan fingerprint density at radius 1 is 1.28 bits per heavy atom. The van der Waals surface area contributed by atoms with Crippen LogP contribution in [-0.2, 0) is 9.53 Å². The highest BCUT2D eigenvalue weighted by Gasteiger charge is 2.24. The molecule has 1 aromatic heterocycles. The number of carbonyl (C=O) groups is 1. The van der Waals surface area contributed by atoms with Crippen LogP contribution in [0.3, 0.4) is 0 Å². The molecule has 1 aliphatic rings. The Labute approximate surface area is 183 Å².